The van der Waals surface area contributed by atoms with Crippen molar-refractivity contribution in [1.29, 1.82) is 5.26 Å². The van der Waals surface area contributed by atoms with Gasteiger partial charge < -0.3 is 10.1 Å². The first-order chi connectivity index (χ1) is 13.2. The van der Waals surface area contributed by atoms with Crippen molar-refractivity contribution in [2.24, 2.45) is 0 Å². The molecule has 1 unspecified atom stereocenters. The zero-order valence-electron chi connectivity index (χ0n) is 15.1. The second-order valence-corrected chi connectivity index (χ2v) is 6.13. The highest BCUT2D eigenvalue weighted by Gasteiger charge is 2.19. The van der Waals surface area contributed by atoms with Gasteiger partial charge in [0.1, 0.15) is 0 Å². The lowest BCUT2D eigenvalue weighted by atomic mass is 10.0. The van der Waals surface area contributed by atoms with E-state index < -0.39 is 6.10 Å². The molecular formula is C23H20N2O2. The number of hydrogen-bond donors (Lipinski definition) is 1. The number of ether oxygens (including phenoxy) is 1. The summed E-state index contributed by atoms with van der Waals surface area (Å²) in [5.41, 5.74) is 4.54. The van der Waals surface area contributed by atoms with Crippen LogP contribution in [0.2, 0.25) is 0 Å². The Labute approximate surface area is 159 Å². The SMILES string of the molecule is COC(C(=O)NCc1ccc(C#N)cc1)c1ccc(-c2ccccc2)cc1. The fourth-order valence-corrected chi connectivity index (χ4v) is 2.85. The van der Waals surface area contributed by atoms with Gasteiger partial charge in [-0.2, -0.15) is 5.26 Å². The average Bonchev–Trinajstić information content (AvgIpc) is 2.74. The zero-order chi connectivity index (χ0) is 19.1. The van der Waals surface area contributed by atoms with Gasteiger partial charge in [-0.25, -0.2) is 0 Å². The smallest absolute Gasteiger partial charge is 0.254 e. The molecule has 3 aromatic rings. The number of rotatable bonds is 6. The van der Waals surface area contributed by atoms with Crippen molar-refractivity contribution in [1.82, 2.24) is 5.32 Å². The maximum Gasteiger partial charge on any atom is 0.254 e. The van der Waals surface area contributed by atoms with E-state index in [4.69, 9.17) is 10.00 Å². The molecule has 1 atom stereocenters. The lowest BCUT2D eigenvalue weighted by molar-refractivity contribution is -0.131. The summed E-state index contributed by atoms with van der Waals surface area (Å²) >= 11 is 0. The molecule has 3 rings (SSSR count). The Hall–Kier alpha value is -3.42. The maximum absolute atomic E-state index is 12.5. The van der Waals surface area contributed by atoms with E-state index in [-0.39, 0.29) is 5.91 Å². The fourth-order valence-electron chi connectivity index (χ4n) is 2.85. The van der Waals surface area contributed by atoms with Gasteiger partial charge in [0.05, 0.1) is 11.6 Å². The van der Waals surface area contributed by atoms with E-state index in [1.807, 2.05) is 66.7 Å². The monoisotopic (exact) mass is 356 g/mol. The molecule has 0 aliphatic rings. The van der Waals surface area contributed by atoms with Gasteiger partial charge in [0, 0.05) is 13.7 Å². The van der Waals surface area contributed by atoms with Crippen LogP contribution < -0.4 is 5.32 Å². The predicted molar refractivity (Wildman–Crippen MR) is 105 cm³/mol. The van der Waals surface area contributed by atoms with E-state index in [2.05, 4.69) is 11.4 Å². The van der Waals surface area contributed by atoms with E-state index in [0.29, 0.717) is 12.1 Å². The topological polar surface area (TPSA) is 62.1 Å². The molecule has 0 radical (unpaired) electrons. The molecule has 134 valence electrons. The molecule has 0 spiro atoms. The molecule has 27 heavy (non-hydrogen) atoms. The van der Waals surface area contributed by atoms with Crippen LogP contribution in [0.1, 0.15) is 22.8 Å². The average molecular weight is 356 g/mol. The third-order valence-corrected chi connectivity index (χ3v) is 4.34. The van der Waals surface area contributed by atoms with E-state index in [1.165, 1.54) is 7.11 Å². The van der Waals surface area contributed by atoms with Crippen molar-refractivity contribution in [2.45, 2.75) is 12.6 Å². The van der Waals surface area contributed by atoms with Crippen LogP contribution in [0, 0.1) is 11.3 Å². The number of carbonyl (C=O) groups excluding carboxylic acids is 1. The number of benzene rings is 3. The summed E-state index contributed by atoms with van der Waals surface area (Å²) in [5, 5.41) is 11.7. The van der Waals surface area contributed by atoms with E-state index >= 15 is 0 Å². The first kappa shape index (κ1) is 18.4. The quantitative estimate of drug-likeness (QED) is 0.719. The van der Waals surface area contributed by atoms with E-state index in [9.17, 15) is 4.79 Å². The number of methoxy groups -OCH3 is 1. The summed E-state index contributed by atoms with van der Waals surface area (Å²) in [4.78, 5) is 12.5. The highest BCUT2D eigenvalue weighted by Crippen LogP contribution is 2.23. The molecule has 0 aromatic heterocycles. The molecule has 0 saturated heterocycles. The van der Waals surface area contributed by atoms with Crippen LogP contribution >= 0.6 is 0 Å². The van der Waals surface area contributed by atoms with Crippen LogP contribution in [-0.2, 0) is 16.1 Å². The molecule has 0 aliphatic carbocycles. The molecule has 4 nitrogen and oxygen atoms in total. The van der Waals surface area contributed by atoms with E-state index in [1.54, 1.807) is 12.1 Å². The highest BCUT2D eigenvalue weighted by atomic mass is 16.5. The Balaban J connectivity index is 1.66. The van der Waals surface area contributed by atoms with Crippen LogP contribution in [-0.4, -0.2) is 13.0 Å². The van der Waals surface area contributed by atoms with Crippen molar-refractivity contribution in [3.05, 3.63) is 95.6 Å². The third-order valence-electron chi connectivity index (χ3n) is 4.34. The van der Waals surface area contributed by atoms with Crippen molar-refractivity contribution in [3.63, 3.8) is 0 Å². The summed E-state index contributed by atoms with van der Waals surface area (Å²) in [6.07, 6.45) is -0.673. The molecular weight excluding hydrogens is 336 g/mol. The van der Waals surface area contributed by atoms with Gasteiger partial charge in [-0.1, -0.05) is 66.7 Å². The van der Waals surface area contributed by atoms with Gasteiger partial charge in [0.25, 0.3) is 5.91 Å². The van der Waals surface area contributed by atoms with Crippen molar-refractivity contribution < 1.29 is 9.53 Å². The molecule has 4 heteroatoms. The molecule has 0 heterocycles. The number of nitrogens with one attached hydrogen (secondary N) is 1. The van der Waals surface area contributed by atoms with Crippen LogP contribution in [0.15, 0.2) is 78.9 Å². The molecule has 0 saturated carbocycles. The summed E-state index contributed by atoms with van der Waals surface area (Å²) in [5.74, 6) is -0.200. The van der Waals surface area contributed by atoms with Gasteiger partial charge >= 0.3 is 0 Å². The number of hydrogen-bond acceptors (Lipinski definition) is 3. The Morgan fingerprint density at radius 2 is 1.59 bits per heavy atom. The summed E-state index contributed by atoms with van der Waals surface area (Å²) in [6, 6.07) is 27.1. The third kappa shape index (κ3) is 4.60. The van der Waals surface area contributed by atoms with Gasteiger partial charge in [0.2, 0.25) is 0 Å². The zero-order valence-corrected chi connectivity index (χ0v) is 15.1. The lowest BCUT2D eigenvalue weighted by Crippen LogP contribution is -2.29. The Bertz CT molecular complexity index is 927. The maximum atomic E-state index is 12.5. The van der Waals surface area contributed by atoms with Crippen LogP contribution in [0.5, 0.6) is 0 Å². The van der Waals surface area contributed by atoms with Crippen LogP contribution in [0.4, 0.5) is 0 Å². The minimum absolute atomic E-state index is 0.200. The second-order valence-electron chi connectivity index (χ2n) is 6.13. The number of amides is 1. The van der Waals surface area contributed by atoms with Crippen molar-refractivity contribution in [3.8, 4) is 17.2 Å². The summed E-state index contributed by atoms with van der Waals surface area (Å²) in [6.45, 7) is 0.381. The summed E-state index contributed by atoms with van der Waals surface area (Å²) < 4.78 is 5.41. The van der Waals surface area contributed by atoms with Gasteiger partial charge in [-0.05, 0) is 34.4 Å². The van der Waals surface area contributed by atoms with Crippen LogP contribution in [0.25, 0.3) is 11.1 Å². The van der Waals surface area contributed by atoms with Crippen LogP contribution in [0.3, 0.4) is 0 Å². The largest absolute Gasteiger partial charge is 0.367 e. The second kappa shape index (κ2) is 8.79. The minimum atomic E-state index is -0.673. The Morgan fingerprint density at radius 1 is 0.963 bits per heavy atom. The first-order valence-corrected chi connectivity index (χ1v) is 8.66. The van der Waals surface area contributed by atoms with E-state index in [0.717, 1.165) is 22.3 Å². The molecule has 1 amide bonds. The highest BCUT2D eigenvalue weighted by molar-refractivity contribution is 5.82. The number of nitriles is 1. The molecule has 1 N–H and O–H groups in total. The van der Waals surface area contributed by atoms with Crippen molar-refractivity contribution in [2.75, 3.05) is 7.11 Å². The Kier molecular flexibility index (Phi) is 5.98. The molecule has 0 bridgehead atoms. The van der Waals surface area contributed by atoms with Crippen molar-refractivity contribution >= 4 is 5.91 Å². The van der Waals surface area contributed by atoms with Gasteiger partial charge in [-0.3, -0.25) is 4.79 Å². The lowest BCUT2D eigenvalue weighted by Gasteiger charge is -2.16. The number of nitrogens with zero attached hydrogens (tertiary/aromatic N) is 1. The Morgan fingerprint density at radius 3 is 2.19 bits per heavy atom. The normalized spacial score (nSPS) is 11.4. The fraction of sp³-hybridized carbons (Fsp3) is 0.130. The number of carbonyl (C=O) groups is 1. The van der Waals surface area contributed by atoms with Gasteiger partial charge in [0.15, 0.2) is 6.10 Å². The first-order valence-electron chi connectivity index (χ1n) is 8.66. The molecule has 0 fully saturated rings. The summed E-state index contributed by atoms with van der Waals surface area (Å²) in [7, 11) is 1.52. The minimum Gasteiger partial charge on any atom is -0.367 e. The molecule has 0 aliphatic heterocycles. The van der Waals surface area contributed by atoms with Gasteiger partial charge in [-0.15, -0.1) is 0 Å². The standard InChI is InChI=1S/C23H20N2O2/c1-27-22(23(26)25-16-18-9-7-17(15-24)8-10-18)21-13-11-20(12-14-21)19-5-3-2-4-6-19/h2-14,22H,16H2,1H3,(H,25,26). The predicted octanol–water partition coefficient (Wildman–Crippen LogP) is 4.23. The molecule has 3 aromatic carbocycles.